The van der Waals surface area contributed by atoms with Crippen molar-refractivity contribution in [3.05, 3.63) is 119 Å². The number of carboxylic acids is 1. The summed E-state index contributed by atoms with van der Waals surface area (Å²) in [5, 5.41) is 13.9. The van der Waals surface area contributed by atoms with Gasteiger partial charge in [-0.05, 0) is 16.7 Å². The van der Waals surface area contributed by atoms with Crippen LogP contribution in [0.4, 0.5) is 0 Å². The summed E-state index contributed by atoms with van der Waals surface area (Å²) >= 11 is 1.63. The molecule has 0 radical (unpaired) electrons. The topological polar surface area (TPSA) is 113 Å². The summed E-state index contributed by atoms with van der Waals surface area (Å²) in [5.74, 6) is -0.950. The second-order valence-electron chi connectivity index (χ2n) is 12.7. The number of benzene rings is 3. The number of nitrogens with two attached hydrogens (primary N) is 1. The fourth-order valence-electron chi connectivity index (χ4n) is 7.93. The van der Waals surface area contributed by atoms with Crippen LogP contribution in [0.3, 0.4) is 0 Å². The molecule has 226 valence electrons. The number of thioether (sulfide) groups is 1. The Hall–Kier alpha value is -3.92. The SMILES string of the molecule is NC(=O)C12CC[N+](CC3=C(C(=O)O)N4C(=O)[C@@H](NC(c5ccccc5)(c5ccccc5)c5ccccc5)[C@H]4SC3)(CC1)CC2. The zero-order valence-electron chi connectivity index (χ0n) is 24.5. The predicted octanol–water partition coefficient (Wildman–Crippen LogP) is 3.68. The molecule has 5 aliphatic rings. The van der Waals surface area contributed by atoms with Gasteiger partial charge >= 0.3 is 5.97 Å². The largest absolute Gasteiger partial charge is 0.477 e. The van der Waals surface area contributed by atoms with Gasteiger partial charge in [0.05, 0.1) is 30.6 Å². The maximum atomic E-state index is 14.1. The van der Waals surface area contributed by atoms with Gasteiger partial charge in [0.1, 0.15) is 23.7 Å². The minimum absolute atomic E-state index is 0.131. The lowest BCUT2D eigenvalue weighted by Gasteiger charge is -2.56. The van der Waals surface area contributed by atoms with E-state index in [1.54, 1.807) is 11.8 Å². The van der Waals surface area contributed by atoms with Gasteiger partial charge in [-0.2, -0.15) is 0 Å². The first-order valence-corrected chi connectivity index (χ1v) is 16.3. The minimum atomic E-state index is -1.06. The lowest BCUT2D eigenvalue weighted by molar-refractivity contribution is -0.940. The molecule has 3 aromatic rings. The molecule has 0 unspecified atom stereocenters. The third-order valence-corrected chi connectivity index (χ3v) is 11.8. The Balaban J connectivity index is 1.22. The first-order chi connectivity index (χ1) is 21.3. The van der Waals surface area contributed by atoms with Crippen LogP contribution in [0.2, 0.25) is 0 Å². The number of rotatable bonds is 9. The van der Waals surface area contributed by atoms with Crippen LogP contribution in [0.15, 0.2) is 102 Å². The van der Waals surface area contributed by atoms with E-state index in [0.29, 0.717) is 12.3 Å². The molecule has 8 nitrogen and oxygen atoms in total. The van der Waals surface area contributed by atoms with Crippen molar-refractivity contribution in [3.8, 4) is 0 Å². The van der Waals surface area contributed by atoms with Crippen LogP contribution in [-0.4, -0.2) is 75.6 Å². The summed E-state index contributed by atoms with van der Waals surface area (Å²) in [6, 6.07) is 29.8. The number of carbonyl (C=O) groups is 3. The third kappa shape index (κ3) is 4.48. The first-order valence-electron chi connectivity index (χ1n) is 15.3. The smallest absolute Gasteiger partial charge is 0.352 e. The number of aliphatic carboxylic acids is 1. The average molecular weight is 610 g/mol. The summed E-state index contributed by atoms with van der Waals surface area (Å²) in [6.45, 7) is 3.00. The summed E-state index contributed by atoms with van der Waals surface area (Å²) in [7, 11) is 0. The minimum Gasteiger partial charge on any atom is -0.477 e. The molecule has 0 saturated carbocycles. The van der Waals surface area contributed by atoms with E-state index in [2.05, 4.69) is 41.7 Å². The molecule has 4 N–H and O–H groups in total. The van der Waals surface area contributed by atoms with Gasteiger partial charge in [-0.15, -0.1) is 11.8 Å². The predicted molar refractivity (Wildman–Crippen MR) is 169 cm³/mol. The number of hydrogen-bond donors (Lipinski definition) is 3. The first kappa shape index (κ1) is 28.8. The van der Waals surface area contributed by atoms with Crippen LogP contribution >= 0.6 is 11.8 Å². The Morgan fingerprint density at radius 2 is 1.36 bits per heavy atom. The normalized spacial score (nSPS) is 27.9. The number of piperidine rings is 3. The highest BCUT2D eigenvalue weighted by Crippen LogP contribution is 2.48. The second kappa shape index (κ2) is 10.9. The van der Waals surface area contributed by atoms with Crippen LogP contribution in [0.5, 0.6) is 0 Å². The van der Waals surface area contributed by atoms with Crippen molar-refractivity contribution in [2.45, 2.75) is 36.2 Å². The highest BCUT2D eigenvalue weighted by atomic mass is 32.2. The van der Waals surface area contributed by atoms with Crippen molar-refractivity contribution in [2.24, 2.45) is 11.1 Å². The van der Waals surface area contributed by atoms with Crippen molar-refractivity contribution < 1.29 is 24.0 Å². The van der Waals surface area contributed by atoms with E-state index in [4.69, 9.17) is 5.73 Å². The molecule has 0 spiro atoms. The number of fused-ring (bicyclic) bond motifs is 4. The Labute approximate surface area is 261 Å². The molecule has 8 rings (SSSR count). The summed E-state index contributed by atoms with van der Waals surface area (Å²) < 4.78 is 0.759. The van der Waals surface area contributed by atoms with Gasteiger partial charge < -0.3 is 15.3 Å². The van der Waals surface area contributed by atoms with Crippen LogP contribution in [0.1, 0.15) is 36.0 Å². The van der Waals surface area contributed by atoms with Crippen LogP contribution in [0.25, 0.3) is 0 Å². The number of carbonyl (C=O) groups excluding carboxylic acids is 2. The van der Waals surface area contributed by atoms with Gasteiger partial charge in [0, 0.05) is 30.6 Å². The Bertz CT molecular complexity index is 1510. The standard InChI is InChI=1S/C35H36N4O4S/c36-33(43)34-16-19-39(20-17-34,21-18-34)22-24-23-44-31-28(30(40)38(31)29(24)32(41)42)37-35(25-10-4-1-5-11-25,26-12-6-2-7-13-26)27-14-8-3-9-15-27/h1-15,28,31,37H,16-23H2,(H2-,36,41,42,43)/p+1/t28-,31-,34?,39?/m1/s1. The summed E-state index contributed by atoms with van der Waals surface area (Å²) in [4.78, 5) is 40.6. The zero-order valence-corrected chi connectivity index (χ0v) is 25.3. The molecule has 5 aliphatic heterocycles. The second-order valence-corrected chi connectivity index (χ2v) is 13.8. The number of nitrogens with one attached hydrogen (secondary N) is 1. The summed E-state index contributed by atoms with van der Waals surface area (Å²) in [5.41, 5.74) is 8.45. The van der Waals surface area contributed by atoms with Crippen molar-refractivity contribution >= 4 is 29.5 Å². The third-order valence-electron chi connectivity index (χ3n) is 10.5. The fraction of sp³-hybridized carbons (Fsp3) is 0.343. The lowest BCUT2D eigenvalue weighted by Crippen LogP contribution is -2.73. The van der Waals surface area contributed by atoms with Crippen LogP contribution in [0, 0.1) is 5.41 Å². The van der Waals surface area contributed by atoms with Gasteiger partial charge in [-0.25, -0.2) is 4.79 Å². The van der Waals surface area contributed by atoms with E-state index in [0.717, 1.165) is 65.6 Å². The molecular weight excluding hydrogens is 572 g/mol. The number of quaternary nitrogens is 1. The van der Waals surface area contributed by atoms with Crippen molar-refractivity contribution in [1.29, 1.82) is 0 Å². The molecular formula is C35H37N4O4S+. The highest BCUT2D eigenvalue weighted by molar-refractivity contribution is 8.00. The van der Waals surface area contributed by atoms with E-state index in [9.17, 15) is 19.5 Å². The number of β-lactam (4-membered cyclic amide) rings is 1. The summed E-state index contributed by atoms with van der Waals surface area (Å²) in [6.07, 6.45) is 2.22. The number of carboxylic acid groups (broad SMARTS) is 1. The lowest BCUT2D eigenvalue weighted by atomic mass is 9.70. The molecule has 3 aromatic carbocycles. The Kier molecular flexibility index (Phi) is 7.15. The highest BCUT2D eigenvalue weighted by Gasteiger charge is 2.58. The molecule has 0 aliphatic carbocycles. The molecule has 2 bridgehead atoms. The average Bonchev–Trinajstić information content (AvgIpc) is 3.07. The van der Waals surface area contributed by atoms with Crippen molar-refractivity contribution in [2.75, 3.05) is 31.9 Å². The van der Waals surface area contributed by atoms with Gasteiger partial charge in [-0.1, -0.05) is 91.0 Å². The molecule has 0 aromatic heterocycles. The van der Waals surface area contributed by atoms with Gasteiger partial charge in [-0.3, -0.25) is 19.8 Å². The monoisotopic (exact) mass is 609 g/mol. The van der Waals surface area contributed by atoms with E-state index in [-0.39, 0.29) is 22.9 Å². The zero-order chi connectivity index (χ0) is 30.5. The molecule has 4 saturated heterocycles. The van der Waals surface area contributed by atoms with E-state index in [1.807, 2.05) is 54.6 Å². The van der Waals surface area contributed by atoms with Gasteiger partial charge in [0.25, 0.3) is 0 Å². The quantitative estimate of drug-likeness (QED) is 0.194. The molecule has 5 heterocycles. The molecule has 4 fully saturated rings. The van der Waals surface area contributed by atoms with E-state index in [1.165, 1.54) is 4.90 Å². The van der Waals surface area contributed by atoms with Gasteiger partial charge in [0.2, 0.25) is 11.8 Å². The van der Waals surface area contributed by atoms with E-state index >= 15 is 0 Å². The van der Waals surface area contributed by atoms with E-state index < -0.39 is 23.0 Å². The van der Waals surface area contributed by atoms with Crippen LogP contribution in [-0.2, 0) is 19.9 Å². The Morgan fingerprint density at radius 3 is 1.80 bits per heavy atom. The molecule has 44 heavy (non-hydrogen) atoms. The molecule has 2 amide bonds. The van der Waals surface area contributed by atoms with Crippen LogP contribution < -0.4 is 11.1 Å². The number of amides is 2. The number of nitrogens with zero attached hydrogens (tertiary/aromatic N) is 2. The maximum Gasteiger partial charge on any atom is 0.352 e. The van der Waals surface area contributed by atoms with Gasteiger partial charge in [0.15, 0.2) is 0 Å². The molecule has 9 heteroatoms. The number of hydrogen-bond acceptors (Lipinski definition) is 5. The maximum absolute atomic E-state index is 14.1. The molecule has 2 atom stereocenters. The van der Waals surface area contributed by atoms with Crippen molar-refractivity contribution in [1.82, 2.24) is 10.2 Å². The number of primary amides is 1. The fourth-order valence-corrected chi connectivity index (χ4v) is 9.26. The Morgan fingerprint density at radius 1 is 0.886 bits per heavy atom. The van der Waals surface area contributed by atoms with Crippen molar-refractivity contribution in [3.63, 3.8) is 0 Å².